The van der Waals surface area contributed by atoms with E-state index in [0.717, 1.165) is 11.5 Å². The highest BCUT2D eigenvalue weighted by molar-refractivity contribution is 5.95. The first-order chi connectivity index (χ1) is 5.84. The average Bonchev–Trinajstić information content (AvgIpc) is 2.28. The van der Waals surface area contributed by atoms with Crippen molar-refractivity contribution in [3.05, 3.63) is 23.5 Å². The van der Waals surface area contributed by atoms with E-state index in [1.807, 2.05) is 0 Å². The van der Waals surface area contributed by atoms with Crippen LogP contribution in [0.1, 0.15) is 23.0 Å². The van der Waals surface area contributed by atoms with E-state index in [-0.39, 0.29) is 5.56 Å². The Balaban J connectivity index is 3.33. The number of halogens is 3. The molecule has 0 aliphatic rings. The fourth-order valence-corrected chi connectivity index (χ4v) is 1.17. The predicted octanol–water partition coefficient (Wildman–Crippen LogP) is 2.25. The van der Waals surface area contributed by atoms with E-state index in [4.69, 9.17) is 0 Å². The third-order valence-corrected chi connectivity index (χ3v) is 1.72. The van der Waals surface area contributed by atoms with Crippen LogP contribution in [0.15, 0.2) is 12.3 Å². The van der Waals surface area contributed by atoms with Gasteiger partial charge in [-0.3, -0.25) is 4.79 Å². The molecule has 0 saturated carbocycles. The number of aryl methyl sites for hydroxylation is 1. The van der Waals surface area contributed by atoms with Gasteiger partial charge in [-0.2, -0.15) is 13.2 Å². The van der Waals surface area contributed by atoms with E-state index in [9.17, 15) is 18.0 Å². The lowest BCUT2D eigenvalue weighted by Crippen LogP contribution is -2.14. The topological polar surface area (TPSA) is 22.0 Å². The molecule has 72 valence electrons. The Morgan fingerprint density at radius 2 is 2.00 bits per heavy atom. The van der Waals surface area contributed by atoms with Gasteiger partial charge >= 0.3 is 6.18 Å². The molecule has 1 aromatic heterocycles. The highest BCUT2D eigenvalue weighted by Crippen LogP contribution is 2.32. The molecule has 0 fully saturated rings. The number of nitrogens with zero attached hydrogens (tertiary/aromatic N) is 1. The summed E-state index contributed by atoms with van der Waals surface area (Å²) in [6.45, 7) is 1.12. The zero-order valence-corrected chi connectivity index (χ0v) is 7.14. The summed E-state index contributed by atoms with van der Waals surface area (Å²) in [4.78, 5) is 10.8. The largest absolute Gasteiger partial charge is 0.432 e. The maximum Gasteiger partial charge on any atom is 0.432 e. The molecule has 13 heavy (non-hydrogen) atoms. The maximum atomic E-state index is 12.3. The van der Waals surface area contributed by atoms with Gasteiger partial charge in [0, 0.05) is 18.8 Å². The standard InChI is InChI=1S/C8H8F3NO/c1-5(13)6-3-4-12(2)7(6)8(9,10)11/h3-4H,1-2H3. The normalized spacial score (nSPS) is 11.8. The third-order valence-electron chi connectivity index (χ3n) is 1.72. The average molecular weight is 191 g/mol. The summed E-state index contributed by atoms with van der Waals surface area (Å²) in [6, 6.07) is 1.17. The van der Waals surface area contributed by atoms with E-state index < -0.39 is 17.7 Å². The molecule has 0 spiro atoms. The van der Waals surface area contributed by atoms with Crippen LogP contribution in [0.4, 0.5) is 13.2 Å². The first-order valence-electron chi connectivity index (χ1n) is 3.57. The molecule has 0 amide bonds. The van der Waals surface area contributed by atoms with E-state index in [2.05, 4.69) is 0 Å². The smallest absolute Gasteiger partial charge is 0.346 e. The molecule has 0 aliphatic carbocycles. The van der Waals surface area contributed by atoms with Crippen LogP contribution in [-0.2, 0) is 13.2 Å². The monoisotopic (exact) mass is 191 g/mol. The van der Waals surface area contributed by atoms with Gasteiger partial charge in [-0.15, -0.1) is 0 Å². The molecule has 0 aromatic carbocycles. The SMILES string of the molecule is CC(=O)c1ccn(C)c1C(F)(F)F. The van der Waals surface area contributed by atoms with Crippen molar-refractivity contribution in [3.8, 4) is 0 Å². The van der Waals surface area contributed by atoms with Gasteiger partial charge in [0.05, 0.1) is 0 Å². The zero-order valence-electron chi connectivity index (χ0n) is 7.14. The van der Waals surface area contributed by atoms with Crippen LogP contribution in [0.2, 0.25) is 0 Å². The fourth-order valence-electron chi connectivity index (χ4n) is 1.17. The number of alkyl halides is 3. The van der Waals surface area contributed by atoms with Crippen LogP contribution in [-0.4, -0.2) is 10.4 Å². The number of hydrogen-bond donors (Lipinski definition) is 0. The van der Waals surface area contributed by atoms with Gasteiger partial charge in [0.1, 0.15) is 5.69 Å². The zero-order chi connectivity index (χ0) is 10.2. The lowest BCUT2D eigenvalue weighted by atomic mass is 10.2. The summed E-state index contributed by atoms with van der Waals surface area (Å²) >= 11 is 0. The van der Waals surface area contributed by atoms with Crippen LogP contribution >= 0.6 is 0 Å². The quantitative estimate of drug-likeness (QED) is 0.624. The van der Waals surface area contributed by atoms with Crippen molar-refractivity contribution < 1.29 is 18.0 Å². The Labute approximate surface area is 73.0 Å². The fraction of sp³-hybridized carbons (Fsp3) is 0.375. The van der Waals surface area contributed by atoms with Crippen LogP contribution in [0.3, 0.4) is 0 Å². The van der Waals surface area contributed by atoms with Crippen molar-refractivity contribution in [2.75, 3.05) is 0 Å². The molecule has 0 unspecified atom stereocenters. The molecular formula is C8H8F3NO. The number of hydrogen-bond acceptors (Lipinski definition) is 1. The van der Waals surface area contributed by atoms with Gasteiger partial charge in [-0.25, -0.2) is 0 Å². The lowest BCUT2D eigenvalue weighted by molar-refractivity contribution is -0.143. The van der Waals surface area contributed by atoms with Crippen LogP contribution in [0.25, 0.3) is 0 Å². The van der Waals surface area contributed by atoms with Gasteiger partial charge in [0.15, 0.2) is 5.78 Å². The number of carbonyl (C=O) groups is 1. The van der Waals surface area contributed by atoms with Gasteiger partial charge in [-0.05, 0) is 13.0 Å². The van der Waals surface area contributed by atoms with Gasteiger partial charge in [0.25, 0.3) is 0 Å². The molecule has 0 N–H and O–H groups in total. The van der Waals surface area contributed by atoms with Gasteiger partial charge in [-0.1, -0.05) is 0 Å². The van der Waals surface area contributed by atoms with E-state index >= 15 is 0 Å². The number of carbonyl (C=O) groups excluding carboxylic acids is 1. The minimum atomic E-state index is -4.47. The summed E-state index contributed by atoms with van der Waals surface area (Å²) in [5, 5.41) is 0. The first kappa shape index (κ1) is 9.83. The molecule has 0 radical (unpaired) electrons. The van der Waals surface area contributed by atoms with E-state index in [0.29, 0.717) is 0 Å². The molecule has 0 atom stereocenters. The molecule has 1 aromatic rings. The van der Waals surface area contributed by atoms with Crippen molar-refractivity contribution in [1.82, 2.24) is 4.57 Å². The Kier molecular flexibility index (Phi) is 2.19. The Morgan fingerprint density at radius 1 is 1.46 bits per heavy atom. The Bertz CT molecular complexity index is 338. The lowest BCUT2D eigenvalue weighted by Gasteiger charge is -2.09. The Hall–Kier alpha value is -1.26. The molecule has 0 aliphatic heterocycles. The first-order valence-corrected chi connectivity index (χ1v) is 3.57. The minimum absolute atomic E-state index is 0.282. The number of ketones is 1. The molecule has 1 heterocycles. The second-order valence-corrected chi connectivity index (χ2v) is 2.74. The summed E-state index contributed by atoms with van der Waals surface area (Å²) in [5.74, 6) is -0.576. The van der Waals surface area contributed by atoms with Crippen molar-refractivity contribution in [2.45, 2.75) is 13.1 Å². The van der Waals surface area contributed by atoms with Crippen LogP contribution in [0.5, 0.6) is 0 Å². The van der Waals surface area contributed by atoms with E-state index in [1.54, 1.807) is 0 Å². The van der Waals surface area contributed by atoms with Gasteiger partial charge in [0.2, 0.25) is 0 Å². The van der Waals surface area contributed by atoms with E-state index in [1.165, 1.54) is 19.3 Å². The molecule has 0 bridgehead atoms. The van der Waals surface area contributed by atoms with Crippen molar-refractivity contribution in [1.29, 1.82) is 0 Å². The second kappa shape index (κ2) is 2.90. The van der Waals surface area contributed by atoms with Gasteiger partial charge < -0.3 is 4.57 Å². The summed E-state index contributed by atoms with van der Waals surface area (Å²) in [6.07, 6.45) is -3.25. The maximum absolute atomic E-state index is 12.3. The summed E-state index contributed by atoms with van der Waals surface area (Å²) < 4.78 is 37.9. The minimum Gasteiger partial charge on any atom is -0.346 e. The predicted molar refractivity (Wildman–Crippen MR) is 40.4 cm³/mol. The summed E-state index contributed by atoms with van der Waals surface area (Å²) in [5.41, 5.74) is -1.17. The van der Waals surface area contributed by atoms with Crippen molar-refractivity contribution in [3.63, 3.8) is 0 Å². The molecule has 1 rings (SSSR count). The van der Waals surface area contributed by atoms with Crippen molar-refractivity contribution in [2.24, 2.45) is 7.05 Å². The van der Waals surface area contributed by atoms with Crippen LogP contribution in [0, 0.1) is 0 Å². The molecule has 5 heteroatoms. The molecular weight excluding hydrogens is 183 g/mol. The second-order valence-electron chi connectivity index (χ2n) is 2.74. The number of Topliss-reactive ketones (excluding diaryl/α,β-unsaturated/α-hetero) is 1. The number of aromatic nitrogens is 1. The van der Waals surface area contributed by atoms with Crippen molar-refractivity contribution >= 4 is 5.78 Å². The highest BCUT2D eigenvalue weighted by Gasteiger charge is 2.37. The number of rotatable bonds is 1. The molecule has 0 saturated heterocycles. The summed E-state index contributed by atoms with van der Waals surface area (Å²) in [7, 11) is 1.26. The highest BCUT2D eigenvalue weighted by atomic mass is 19.4. The Morgan fingerprint density at radius 3 is 2.31 bits per heavy atom. The third kappa shape index (κ3) is 1.74. The molecule has 2 nitrogen and oxygen atoms in total. The van der Waals surface area contributed by atoms with Crippen LogP contribution < -0.4 is 0 Å².